The number of hydrogen-bond donors (Lipinski definition) is 2. The summed E-state index contributed by atoms with van der Waals surface area (Å²) in [7, 11) is -2.16. The van der Waals surface area contributed by atoms with Crippen molar-refractivity contribution in [3.8, 4) is 0 Å². The van der Waals surface area contributed by atoms with Gasteiger partial charge < -0.3 is 19.6 Å². The summed E-state index contributed by atoms with van der Waals surface area (Å²) in [4.78, 5) is 18.4. The summed E-state index contributed by atoms with van der Waals surface area (Å²) >= 11 is 6.22. The van der Waals surface area contributed by atoms with Gasteiger partial charge in [-0.2, -0.15) is 0 Å². The maximum atomic E-state index is 14.1. The van der Waals surface area contributed by atoms with Gasteiger partial charge in [-0.25, -0.2) is 0 Å². The minimum atomic E-state index is -3.55. The first-order chi connectivity index (χ1) is 14.5. The van der Waals surface area contributed by atoms with Crippen molar-refractivity contribution in [3.63, 3.8) is 0 Å². The van der Waals surface area contributed by atoms with Gasteiger partial charge in [0.1, 0.15) is 5.69 Å². The number of halogens is 1. The summed E-state index contributed by atoms with van der Waals surface area (Å²) in [6.07, 6.45) is 0. The van der Waals surface area contributed by atoms with Crippen LogP contribution in [0.25, 0.3) is 10.9 Å². The van der Waals surface area contributed by atoms with Crippen LogP contribution in [0.1, 0.15) is 10.5 Å². The van der Waals surface area contributed by atoms with Crippen LogP contribution in [0, 0.1) is 0 Å². The van der Waals surface area contributed by atoms with Gasteiger partial charge in [0.25, 0.3) is 13.3 Å². The molecule has 0 radical (unpaired) electrons. The molecule has 1 amide bonds. The van der Waals surface area contributed by atoms with Gasteiger partial charge in [0.05, 0.1) is 25.2 Å². The summed E-state index contributed by atoms with van der Waals surface area (Å²) in [6.45, 7) is 3.14. The van der Waals surface area contributed by atoms with Crippen LogP contribution < -0.4 is 15.9 Å². The largest absolute Gasteiger partial charge is 0.379 e. The first-order valence-corrected chi connectivity index (χ1v) is 11.6. The minimum absolute atomic E-state index is 0.217. The Hall–Kier alpha value is -2.15. The second-order valence-corrected chi connectivity index (χ2v) is 9.87. The number of benzene rings is 2. The maximum Gasteiger partial charge on any atom is 0.269 e. The molecule has 7 nitrogen and oxygen atoms in total. The molecule has 1 aliphatic rings. The van der Waals surface area contributed by atoms with Crippen molar-refractivity contribution in [2.75, 3.05) is 40.1 Å². The van der Waals surface area contributed by atoms with E-state index in [4.69, 9.17) is 20.9 Å². The predicted octanol–water partition coefficient (Wildman–Crippen LogP) is 2.72. The van der Waals surface area contributed by atoms with Crippen LogP contribution in [0.4, 0.5) is 0 Å². The molecule has 0 spiro atoms. The molecule has 0 bridgehead atoms. The number of aromatic nitrogens is 1. The van der Waals surface area contributed by atoms with Crippen molar-refractivity contribution in [2.24, 2.45) is 0 Å². The number of ether oxygens (including phenoxy) is 1. The Labute approximate surface area is 179 Å². The van der Waals surface area contributed by atoms with E-state index in [1.807, 2.05) is 6.07 Å². The van der Waals surface area contributed by atoms with Crippen LogP contribution in [0.3, 0.4) is 0 Å². The summed E-state index contributed by atoms with van der Waals surface area (Å²) < 4.78 is 25.0. The van der Waals surface area contributed by atoms with Crippen LogP contribution in [0.15, 0.2) is 48.5 Å². The fraction of sp³-hybridized carbons (Fsp3) is 0.286. The molecule has 1 unspecified atom stereocenters. The molecule has 1 aliphatic heterocycles. The maximum absolute atomic E-state index is 14.1. The number of rotatable bonds is 6. The van der Waals surface area contributed by atoms with E-state index in [1.165, 1.54) is 7.11 Å². The quantitative estimate of drug-likeness (QED) is 0.568. The second kappa shape index (κ2) is 8.92. The first-order valence-electron chi connectivity index (χ1n) is 9.64. The third-order valence-electron chi connectivity index (χ3n) is 5.17. The Morgan fingerprint density at radius 2 is 1.97 bits per heavy atom. The molecule has 1 atom stereocenters. The van der Waals surface area contributed by atoms with Gasteiger partial charge in [-0.05, 0) is 30.3 Å². The molecule has 1 saturated heterocycles. The fourth-order valence-corrected chi connectivity index (χ4v) is 5.94. The number of carbonyl (C=O) groups is 1. The Balaban J connectivity index is 1.78. The van der Waals surface area contributed by atoms with Crippen molar-refractivity contribution in [1.29, 1.82) is 0 Å². The molecule has 0 saturated carbocycles. The summed E-state index contributed by atoms with van der Waals surface area (Å²) in [5.41, 5.74) is 0.883. The molecule has 3 aromatic rings. The molecule has 4 rings (SSSR count). The minimum Gasteiger partial charge on any atom is -0.379 e. The van der Waals surface area contributed by atoms with Crippen molar-refractivity contribution in [1.82, 2.24) is 15.2 Å². The van der Waals surface area contributed by atoms with E-state index in [0.717, 1.165) is 13.1 Å². The lowest BCUT2D eigenvalue weighted by Crippen LogP contribution is -2.44. The average molecular weight is 448 g/mol. The molecule has 2 N–H and O–H groups in total. The number of morpholine rings is 1. The normalized spacial score (nSPS) is 17.0. The Morgan fingerprint density at radius 1 is 1.23 bits per heavy atom. The number of hydrogen-bond acceptors (Lipinski definition) is 5. The van der Waals surface area contributed by atoms with E-state index < -0.39 is 7.37 Å². The number of H-pyrrole nitrogens is 1. The van der Waals surface area contributed by atoms with E-state index in [1.54, 1.807) is 42.5 Å². The Bertz CT molecular complexity index is 1100. The zero-order valence-corrected chi connectivity index (χ0v) is 18.2. The van der Waals surface area contributed by atoms with E-state index in [9.17, 15) is 9.36 Å². The van der Waals surface area contributed by atoms with Crippen LogP contribution in [-0.4, -0.2) is 55.9 Å². The number of amides is 1. The van der Waals surface area contributed by atoms with Crippen molar-refractivity contribution in [2.45, 2.75) is 0 Å². The second-order valence-electron chi connectivity index (χ2n) is 7.00. The smallest absolute Gasteiger partial charge is 0.269 e. The van der Waals surface area contributed by atoms with Gasteiger partial charge in [0.15, 0.2) is 0 Å². The van der Waals surface area contributed by atoms with E-state index in [-0.39, 0.29) is 11.6 Å². The number of aromatic amines is 1. The monoisotopic (exact) mass is 447 g/mol. The lowest BCUT2D eigenvalue weighted by atomic mass is 10.2. The van der Waals surface area contributed by atoms with Crippen molar-refractivity contribution < 1.29 is 18.6 Å². The highest BCUT2D eigenvalue weighted by atomic mass is 35.5. The highest BCUT2D eigenvalue weighted by Crippen LogP contribution is 2.47. The van der Waals surface area contributed by atoms with E-state index in [2.05, 4.69) is 15.2 Å². The van der Waals surface area contributed by atoms with Gasteiger partial charge in [-0.1, -0.05) is 29.8 Å². The van der Waals surface area contributed by atoms with Crippen molar-refractivity contribution in [3.05, 3.63) is 59.2 Å². The summed E-state index contributed by atoms with van der Waals surface area (Å²) in [6, 6.07) is 14.1. The summed E-state index contributed by atoms with van der Waals surface area (Å²) in [5, 5.41) is 4.85. The first kappa shape index (κ1) is 21.1. The fourth-order valence-electron chi connectivity index (χ4n) is 3.60. The van der Waals surface area contributed by atoms with Gasteiger partial charge >= 0.3 is 0 Å². The molecule has 0 aliphatic carbocycles. The van der Waals surface area contributed by atoms with Gasteiger partial charge in [0, 0.05) is 41.4 Å². The van der Waals surface area contributed by atoms with E-state index >= 15 is 0 Å². The SMILES string of the molecule is COP(=O)(c1ccccc1)c1c(C(=O)NCN2CCOCC2)[nH]c2ccc(Cl)cc12. The molecule has 2 aromatic carbocycles. The lowest BCUT2D eigenvalue weighted by molar-refractivity contribution is 0.0334. The number of fused-ring (bicyclic) bond motifs is 1. The van der Waals surface area contributed by atoms with Crippen LogP contribution >= 0.6 is 19.0 Å². The molecular formula is C21H23ClN3O4P. The lowest BCUT2D eigenvalue weighted by Gasteiger charge is -2.26. The van der Waals surface area contributed by atoms with Crippen LogP contribution in [-0.2, 0) is 13.8 Å². The molecule has 9 heteroatoms. The highest BCUT2D eigenvalue weighted by molar-refractivity contribution is 7.75. The average Bonchev–Trinajstić information content (AvgIpc) is 3.17. The standard InChI is InChI=1S/C21H23ClN3O4P/c1-28-30(27,16-5-3-2-4-6-16)20-17-13-15(22)7-8-18(17)24-19(20)21(26)23-14-25-9-11-29-12-10-25/h2-8,13,24H,9-12,14H2,1H3,(H,23,26). The zero-order chi connectivity index (χ0) is 21.1. The molecule has 1 fully saturated rings. The molecule has 1 aromatic heterocycles. The molecule has 30 heavy (non-hydrogen) atoms. The molecule has 2 heterocycles. The number of nitrogens with one attached hydrogen (secondary N) is 2. The Kier molecular flexibility index (Phi) is 6.27. The topological polar surface area (TPSA) is 83.7 Å². The highest BCUT2D eigenvalue weighted by Gasteiger charge is 2.36. The van der Waals surface area contributed by atoms with Gasteiger partial charge in [-0.15, -0.1) is 0 Å². The summed E-state index contributed by atoms with van der Waals surface area (Å²) in [5.74, 6) is -0.350. The van der Waals surface area contributed by atoms with E-state index in [0.29, 0.717) is 46.4 Å². The number of nitrogens with zero attached hydrogens (tertiary/aromatic N) is 1. The third-order valence-corrected chi connectivity index (χ3v) is 7.96. The third kappa shape index (κ3) is 4.04. The number of carbonyl (C=O) groups excluding carboxylic acids is 1. The van der Waals surface area contributed by atoms with Crippen LogP contribution in [0.2, 0.25) is 5.02 Å². The van der Waals surface area contributed by atoms with Crippen LogP contribution in [0.5, 0.6) is 0 Å². The molecular weight excluding hydrogens is 425 g/mol. The van der Waals surface area contributed by atoms with Gasteiger partial charge in [-0.3, -0.25) is 14.3 Å². The Morgan fingerprint density at radius 3 is 2.67 bits per heavy atom. The zero-order valence-electron chi connectivity index (χ0n) is 16.6. The van der Waals surface area contributed by atoms with Crippen molar-refractivity contribution >= 4 is 46.4 Å². The van der Waals surface area contributed by atoms with Gasteiger partial charge in [0.2, 0.25) is 0 Å². The predicted molar refractivity (Wildman–Crippen MR) is 118 cm³/mol. The molecule has 158 valence electrons.